The number of nitrogens with two attached hydrogens (primary N) is 1. The minimum absolute atomic E-state index is 0.339. The van der Waals surface area contributed by atoms with Crippen molar-refractivity contribution >= 4 is 5.82 Å². The van der Waals surface area contributed by atoms with Crippen LogP contribution in [-0.4, -0.2) is 40.7 Å². The van der Waals surface area contributed by atoms with Crippen LogP contribution in [0.25, 0.3) is 0 Å². The Balaban J connectivity index is 2.00. The average Bonchev–Trinajstić information content (AvgIpc) is 2.28. The van der Waals surface area contributed by atoms with Crippen LogP contribution in [-0.2, 0) is 11.3 Å². The van der Waals surface area contributed by atoms with E-state index in [1.54, 1.807) is 6.07 Å². The Hall–Kier alpha value is -1.20. The maximum Gasteiger partial charge on any atom is 0.144 e. The monoisotopic (exact) mass is 236 g/mol. The second kappa shape index (κ2) is 5.42. The number of aryl methyl sites for hydroxylation is 1. The van der Waals surface area contributed by atoms with Crippen LogP contribution in [0.1, 0.15) is 24.9 Å². The molecule has 5 heteroatoms. The van der Waals surface area contributed by atoms with E-state index in [1.165, 1.54) is 0 Å². The van der Waals surface area contributed by atoms with E-state index < -0.39 is 0 Å². The van der Waals surface area contributed by atoms with Crippen molar-refractivity contribution in [3.63, 3.8) is 0 Å². The van der Waals surface area contributed by atoms with E-state index in [-0.39, 0.29) is 0 Å². The Labute approximate surface area is 102 Å². The lowest BCUT2D eigenvalue weighted by atomic mass is 10.2. The van der Waals surface area contributed by atoms with Gasteiger partial charge in [-0.15, -0.1) is 0 Å². The molecule has 17 heavy (non-hydrogen) atoms. The zero-order valence-corrected chi connectivity index (χ0v) is 10.5. The molecule has 1 atom stereocenters. The third kappa shape index (κ3) is 3.38. The molecule has 1 unspecified atom stereocenters. The van der Waals surface area contributed by atoms with E-state index >= 15 is 0 Å². The molecule has 0 aromatic carbocycles. The number of ether oxygens (including phenoxy) is 1. The highest BCUT2D eigenvalue weighted by atomic mass is 16.5. The van der Waals surface area contributed by atoms with Gasteiger partial charge >= 0.3 is 0 Å². The third-order valence-electron chi connectivity index (χ3n) is 2.96. The summed E-state index contributed by atoms with van der Waals surface area (Å²) < 4.78 is 5.64. The highest BCUT2D eigenvalue weighted by molar-refractivity contribution is 5.29. The summed E-state index contributed by atoms with van der Waals surface area (Å²) >= 11 is 0. The molecule has 1 aromatic rings. The van der Waals surface area contributed by atoms with Crippen molar-refractivity contribution < 1.29 is 4.74 Å². The lowest BCUT2D eigenvalue weighted by Crippen LogP contribution is -2.41. The van der Waals surface area contributed by atoms with Crippen LogP contribution in [0.4, 0.5) is 5.82 Å². The third-order valence-corrected chi connectivity index (χ3v) is 2.96. The first-order valence-electron chi connectivity index (χ1n) is 6.11. The standard InChI is InChI=1S/C12H20N4O/c1-3-10-7-16(4-5-17-10)8-12-14-9(2)6-11(13)15-12/h6,10H,3-5,7-8H2,1-2H3,(H2,13,14,15). The Morgan fingerprint density at radius 1 is 1.53 bits per heavy atom. The fourth-order valence-electron chi connectivity index (χ4n) is 2.10. The van der Waals surface area contributed by atoms with E-state index in [0.717, 1.165) is 44.2 Å². The molecule has 0 spiro atoms. The predicted molar refractivity (Wildman–Crippen MR) is 66.5 cm³/mol. The van der Waals surface area contributed by atoms with Gasteiger partial charge in [0.25, 0.3) is 0 Å². The normalized spacial score (nSPS) is 21.6. The maximum atomic E-state index is 5.72. The summed E-state index contributed by atoms with van der Waals surface area (Å²) in [6.45, 7) is 7.53. The zero-order chi connectivity index (χ0) is 12.3. The number of anilines is 1. The van der Waals surface area contributed by atoms with Gasteiger partial charge in [0.05, 0.1) is 19.3 Å². The molecule has 1 fully saturated rings. The van der Waals surface area contributed by atoms with Gasteiger partial charge in [-0.2, -0.15) is 0 Å². The van der Waals surface area contributed by atoms with Crippen LogP contribution in [0, 0.1) is 6.92 Å². The first kappa shape index (κ1) is 12.3. The van der Waals surface area contributed by atoms with Crippen molar-refractivity contribution in [3.05, 3.63) is 17.6 Å². The quantitative estimate of drug-likeness (QED) is 0.847. The lowest BCUT2D eigenvalue weighted by Gasteiger charge is -2.31. The topological polar surface area (TPSA) is 64.3 Å². The lowest BCUT2D eigenvalue weighted by molar-refractivity contribution is -0.0332. The van der Waals surface area contributed by atoms with Crippen LogP contribution < -0.4 is 5.73 Å². The van der Waals surface area contributed by atoms with Gasteiger partial charge in [0.2, 0.25) is 0 Å². The van der Waals surface area contributed by atoms with E-state index in [4.69, 9.17) is 10.5 Å². The molecule has 0 saturated carbocycles. The van der Waals surface area contributed by atoms with Gasteiger partial charge in [-0.05, 0) is 13.3 Å². The van der Waals surface area contributed by atoms with Gasteiger partial charge in [0, 0.05) is 24.8 Å². The van der Waals surface area contributed by atoms with Gasteiger partial charge in [-0.3, -0.25) is 4.90 Å². The number of hydrogen-bond acceptors (Lipinski definition) is 5. The molecule has 2 N–H and O–H groups in total. The summed E-state index contributed by atoms with van der Waals surface area (Å²) in [5, 5.41) is 0. The van der Waals surface area contributed by atoms with E-state index in [2.05, 4.69) is 21.8 Å². The molecule has 0 bridgehead atoms. The summed E-state index contributed by atoms with van der Waals surface area (Å²) in [5.74, 6) is 1.35. The fourth-order valence-corrected chi connectivity index (χ4v) is 2.10. The van der Waals surface area contributed by atoms with Crippen molar-refractivity contribution in [2.24, 2.45) is 0 Å². The number of nitrogen functional groups attached to an aromatic ring is 1. The van der Waals surface area contributed by atoms with E-state index in [0.29, 0.717) is 11.9 Å². The summed E-state index contributed by atoms with van der Waals surface area (Å²) in [6, 6.07) is 1.79. The van der Waals surface area contributed by atoms with Gasteiger partial charge in [0.15, 0.2) is 0 Å². The van der Waals surface area contributed by atoms with Crippen LogP contribution in [0.2, 0.25) is 0 Å². The number of hydrogen-bond donors (Lipinski definition) is 1. The first-order valence-corrected chi connectivity index (χ1v) is 6.11. The van der Waals surface area contributed by atoms with Crippen LogP contribution >= 0.6 is 0 Å². The summed E-state index contributed by atoms with van der Waals surface area (Å²) in [7, 11) is 0. The molecule has 0 aliphatic carbocycles. The van der Waals surface area contributed by atoms with Crippen molar-refractivity contribution in [2.75, 3.05) is 25.4 Å². The second-order valence-corrected chi connectivity index (χ2v) is 4.49. The number of aromatic nitrogens is 2. The van der Waals surface area contributed by atoms with Crippen LogP contribution in [0.15, 0.2) is 6.07 Å². The number of morpholine rings is 1. The first-order chi connectivity index (χ1) is 8.17. The average molecular weight is 236 g/mol. The largest absolute Gasteiger partial charge is 0.384 e. The van der Waals surface area contributed by atoms with Crippen molar-refractivity contribution in [3.8, 4) is 0 Å². The smallest absolute Gasteiger partial charge is 0.144 e. The molecule has 0 amide bonds. The van der Waals surface area contributed by atoms with E-state index in [9.17, 15) is 0 Å². The number of rotatable bonds is 3. The molecule has 0 radical (unpaired) electrons. The second-order valence-electron chi connectivity index (χ2n) is 4.49. The molecular formula is C12H20N4O. The molecule has 94 valence electrons. The fraction of sp³-hybridized carbons (Fsp3) is 0.667. The number of nitrogens with zero attached hydrogens (tertiary/aromatic N) is 3. The van der Waals surface area contributed by atoms with Gasteiger partial charge in [0.1, 0.15) is 11.6 Å². The summed E-state index contributed by atoms with van der Waals surface area (Å²) in [6.07, 6.45) is 1.39. The molecule has 2 rings (SSSR count). The van der Waals surface area contributed by atoms with Crippen molar-refractivity contribution in [2.45, 2.75) is 32.9 Å². The minimum atomic E-state index is 0.339. The molecule has 1 aliphatic rings. The molecule has 1 aliphatic heterocycles. The van der Waals surface area contributed by atoms with E-state index in [1.807, 2.05) is 6.92 Å². The summed E-state index contributed by atoms with van der Waals surface area (Å²) in [4.78, 5) is 11.0. The summed E-state index contributed by atoms with van der Waals surface area (Å²) in [5.41, 5.74) is 6.65. The minimum Gasteiger partial charge on any atom is -0.384 e. The van der Waals surface area contributed by atoms with Crippen molar-refractivity contribution in [1.82, 2.24) is 14.9 Å². The zero-order valence-electron chi connectivity index (χ0n) is 10.5. The highest BCUT2D eigenvalue weighted by Crippen LogP contribution is 2.11. The SMILES string of the molecule is CCC1CN(Cc2nc(C)cc(N)n2)CCO1. The Bertz CT molecular complexity index is 363. The molecule has 5 nitrogen and oxygen atoms in total. The Kier molecular flexibility index (Phi) is 3.91. The van der Waals surface area contributed by atoms with Crippen molar-refractivity contribution in [1.29, 1.82) is 0 Å². The molecule has 1 saturated heterocycles. The predicted octanol–water partition coefficient (Wildman–Crippen LogP) is 0.978. The Morgan fingerprint density at radius 3 is 3.06 bits per heavy atom. The van der Waals surface area contributed by atoms with Crippen LogP contribution in [0.5, 0.6) is 0 Å². The molecular weight excluding hydrogens is 216 g/mol. The molecule has 1 aromatic heterocycles. The van der Waals surface area contributed by atoms with Gasteiger partial charge in [-0.1, -0.05) is 6.92 Å². The highest BCUT2D eigenvalue weighted by Gasteiger charge is 2.19. The van der Waals surface area contributed by atoms with Gasteiger partial charge < -0.3 is 10.5 Å². The van der Waals surface area contributed by atoms with Gasteiger partial charge in [-0.25, -0.2) is 9.97 Å². The Morgan fingerprint density at radius 2 is 2.35 bits per heavy atom. The molecule has 2 heterocycles. The van der Waals surface area contributed by atoms with Crippen LogP contribution in [0.3, 0.4) is 0 Å². The maximum absolute atomic E-state index is 5.72.